The number of fused-ring (bicyclic) bond motifs is 1. The van der Waals surface area contributed by atoms with Gasteiger partial charge in [0.15, 0.2) is 6.10 Å². The molecule has 3 aromatic rings. The molecule has 1 unspecified atom stereocenters. The van der Waals surface area contributed by atoms with Crippen molar-refractivity contribution in [3.8, 4) is 11.5 Å². The van der Waals surface area contributed by atoms with Crippen molar-refractivity contribution < 1.29 is 14.3 Å². The fraction of sp³-hybridized carbons (Fsp3) is 0.261. The molecule has 3 rings (SSSR count). The van der Waals surface area contributed by atoms with E-state index < -0.39 is 6.10 Å². The Bertz CT molecular complexity index is 931. The molecule has 3 aromatic carbocycles. The molecule has 0 aliphatic rings. The first-order valence-electron chi connectivity index (χ1n) is 9.17. The number of rotatable bonds is 7. The third kappa shape index (κ3) is 4.79. The second kappa shape index (κ2) is 8.58. The molecule has 0 bridgehead atoms. The first kappa shape index (κ1) is 18.8. The molecule has 4 nitrogen and oxygen atoms in total. The van der Waals surface area contributed by atoms with E-state index in [2.05, 4.69) is 11.4 Å². The number of hydrogen-bond acceptors (Lipinski definition) is 3. The van der Waals surface area contributed by atoms with Crippen LogP contribution >= 0.6 is 0 Å². The standard InChI is InChI=1S/C23H25NO3/c1-16-11-12-21(17(2)15-16)26-14-13-24-23(25)18(3)27-22-10-6-8-19-7-4-5-9-20(19)22/h4-12,15,18H,13-14H2,1-3H3,(H,24,25). The Labute approximate surface area is 160 Å². The summed E-state index contributed by atoms with van der Waals surface area (Å²) in [4.78, 5) is 12.3. The van der Waals surface area contributed by atoms with Crippen molar-refractivity contribution in [2.45, 2.75) is 26.9 Å². The van der Waals surface area contributed by atoms with Gasteiger partial charge in [-0.1, -0.05) is 54.1 Å². The number of carbonyl (C=O) groups is 1. The van der Waals surface area contributed by atoms with Crippen LogP contribution in [0.15, 0.2) is 60.7 Å². The average molecular weight is 363 g/mol. The van der Waals surface area contributed by atoms with Gasteiger partial charge >= 0.3 is 0 Å². The van der Waals surface area contributed by atoms with Crippen LogP contribution in [-0.2, 0) is 4.79 Å². The van der Waals surface area contributed by atoms with Crippen molar-refractivity contribution >= 4 is 16.7 Å². The molecule has 0 spiro atoms. The number of benzene rings is 3. The molecule has 0 saturated carbocycles. The van der Waals surface area contributed by atoms with Crippen molar-refractivity contribution in [3.05, 3.63) is 71.8 Å². The number of aryl methyl sites for hydroxylation is 2. The molecule has 4 heteroatoms. The second-order valence-corrected chi connectivity index (χ2v) is 6.65. The largest absolute Gasteiger partial charge is 0.491 e. The number of carbonyl (C=O) groups excluding carboxylic acids is 1. The van der Waals surface area contributed by atoms with Crippen LogP contribution in [0.5, 0.6) is 11.5 Å². The smallest absolute Gasteiger partial charge is 0.260 e. The Morgan fingerprint density at radius 3 is 2.59 bits per heavy atom. The summed E-state index contributed by atoms with van der Waals surface area (Å²) in [6.07, 6.45) is -0.586. The summed E-state index contributed by atoms with van der Waals surface area (Å²) >= 11 is 0. The summed E-state index contributed by atoms with van der Waals surface area (Å²) in [6.45, 7) is 6.66. The summed E-state index contributed by atoms with van der Waals surface area (Å²) in [6, 6.07) is 19.9. The summed E-state index contributed by atoms with van der Waals surface area (Å²) in [5.41, 5.74) is 2.29. The topological polar surface area (TPSA) is 47.6 Å². The fourth-order valence-corrected chi connectivity index (χ4v) is 2.98. The Morgan fingerprint density at radius 2 is 1.78 bits per heavy atom. The quantitative estimate of drug-likeness (QED) is 0.632. The van der Waals surface area contributed by atoms with Crippen LogP contribution in [0.4, 0.5) is 0 Å². The summed E-state index contributed by atoms with van der Waals surface area (Å²) in [5.74, 6) is 1.39. The summed E-state index contributed by atoms with van der Waals surface area (Å²) in [5, 5.41) is 4.95. The van der Waals surface area contributed by atoms with Gasteiger partial charge in [-0.05, 0) is 43.9 Å². The molecule has 0 fully saturated rings. The zero-order chi connectivity index (χ0) is 19.2. The van der Waals surface area contributed by atoms with Crippen LogP contribution in [0.2, 0.25) is 0 Å². The van der Waals surface area contributed by atoms with Crippen molar-refractivity contribution in [1.82, 2.24) is 5.32 Å². The van der Waals surface area contributed by atoms with Gasteiger partial charge in [0.1, 0.15) is 18.1 Å². The molecule has 0 heterocycles. The van der Waals surface area contributed by atoms with E-state index in [4.69, 9.17) is 9.47 Å². The summed E-state index contributed by atoms with van der Waals surface area (Å²) in [7, 11) is 0. The molecular formula is C23H25NO3. The molecule has 1 N–H and O–H groups in total. The van der Waals surface area contributed by atoms with Crippen LogP contribution < -0.4 is 14.8 Å². The van der Waals surface area contributed by atoms with Gasteiger partial charge in [-0.15, -0.1) is 0 Å². The molecular weight excluding hydrogens is 338 g/mol. The van der Waals surface area contributed by atoms with E-state index in [0.717, 1.165) is 22.1 Å². The highest BCUT2D eigenvalue weighted by Crippen LogP contribution is 2.26. The lowest BCUT2D eigenvalue weighted by Crippen LogP contribution is -2.38. The lowest BCUT2D eigenvalue weighted by Gasteiger charge is -2.16. The zero-order valence-corrected chi connectivity index (χ0v) is 16.0. The Kier molecular flexibility index (Phi) is 5.97. The third-order valence-corrected chi connectivity index (χ3v) is 4.41. The van der Waals surface area contributed by atoms with Crippen molar-refractivity contribution in [3.63, 3.8) is 0 Å². The van der Waals surface area contributed by atoms with Gasteiger partial charge in [0.2, 0.25) is 0 Å². The van der Waals surface area contributed by atoms with Crippen molar-refractivity contribution in [2.24, 2.45) is 0 Å². The van der Waals surface area contributed by atoms with E-state index in [-0.39, 0.29) is 5.91 Å². The first-order valence-corrected chi connectivity index (χ1v) is 9.17. The van der Waals surface area contributed by atoms with Gasteiger partial charge in [0, 0.05) is 5.39 Å². The van der Waals surface area contributed by atoms with E-state index in [9.17, 15) is 4.79 Å². The van der Waals surface area contributed by atoms with Gasteiger partial charge in [0.05, 0.1) is 6.54 Å². The first-order chi connectivity index (χ1) is 13.0. The SMILES string of the molecule is Cc1ccc(OCCNC(=O)C(C)Oc2cccc3ccccc23)c(C)c1. The predicted molar refractivity (Wildman–Crippen MR) is 108 cm³/mol. The Balaban J connectivity index is 1.50. The van der Waals surface area contributed by atoms with E-state index in [1.807, 2.05) is 68.4 Å². The lowest BCUT2D eigenvalue weighted by molar-refractivity contribution is -0.127. The van der Waals surface area contributed by atoms with Crippen LogP contribution in [0.25, 0.3) is 10.8 Å². The summed E-state index contributed by atoms with van der Waals surface area (Å²) < 4.78 is 11.6. The fourth-order valence-electron chi connectivity index (χ4n) is 2.98. The number of hydrogen-bond donors (Lipinski definition) is 1. The molecule has 140 valence electrons. The molecule has 0 aliphatic heterocycles. The predicted octanol–water partition coefficient (Wildman–Crippen LogP) is 4.42. The van der Waals surface area contributed by atoms with Crippen LogP contribution in [0.3, 0.4) is 0 Å². The molecule has 1 amide bonds. The maximum Gasteiger partial charge on any atom is 0.260 e. The van der Waals surface area contributed by atoms with E-state index >= 15 is 0 Å². The molecule has 27 heavy (non-hydrogen) atoms. The minimum atomic E-state index is -0.586. The van der Waals surface area contributed by atoms with Gasteiger partial charge in [0.25, 0.3) is 5.91 Å². The normalized spacial score (nSPS) is 11.8. The molecule has 0 aromatic heterocycles. The van der Waals surface area contributed by atoms with Gasteiger partial charge in [-0.2, -0.15) is 0 Å². The van der Waals surface area contributed by atoms with Crippen LogP contribution in [0, 0.1) is 13.8 Å². The van der Waals surface area contributed by atoms with Gasteiger partial charge in [-0.3, -0.25) is 4.79 Å². The van der Waals surface area contributed by atoms with Crippen molar-refractivity contribution in [1.29, 1.82) is 0 Å². The highest BCUT2D eigenvalue weighted by atomic mass is 16.5. The number of nitrogens with one attached hydrogen (secondary N) is 1. The molecule has 0 aliphatic carbocycles. The maximum atomic E-state index is 12.3. The van der Waals surface area contributed by atoms with Gasteiger partial charge in [-0.25, -0.2) is 0 Å². The number of amides is 1. The molecule has 0 saturated heterocycles. The lowest BCUT2D eigenvalue weighted by atomic mass is 10.1. The van der Waals surface area contributed by atoms with E-state index in [0.29, 0.717) is 18.9 Å². The highest BCUT2D eigenvalue weighted by Gasteiger charge is 2.15. The second-order valence-electron chi connectivity index (χ2n) is 6.65. The monoisotopic (exact) mass is 363 g/mol. The minimum Gasteiger partial charge on any atom is -0.491 e. The third-order valence-electron chi connectivity index (χ3n) is 4.41. The highest BCUT2D eigenvalue weighted by molar-refractivity contribution is 5.89. The van der Waals surface area contributed by atoms with E-state index in [1.54, 1.807) is 6.92 Å². The molecule has 1 atom stereocenters. The average Bonchev–Trinajstić information content (AvgIpc) is 2.66. The molecule has 0 radical (unpaired) electrons. The Morgan fingerprint density at radius 1 is 1.00 bits per heavy atom. The number of ether oxygens (including phenoxy) is 2. The van der Waals surface area contributed by atoms with Gasteiger partial charge < -0.3 is 14.8 Å². The van der Waals surface area contributed by atoms with Crippen molar-refractivity contribution in [2.75, 3.05) is 13.2 Å². The zero-order valence-electron chi connectivity index (χ0n) is 16.0. The maximum absolute atomic E-state index is 12.3. The van der Waals surface area contributed by atoms with E-state index in [1.165, 1.54) is 5.56 Å². The van der Waals surface area contributed by atoms with Crippen LogP contribution in [-0.4, -0.2) is 25.2 Å². The van der Waals surface area contributed by atoms with Crippen LogP contribution in [0.1, 0.15) is 18.1 Å². The Hall–Kier alpha value is -3.01. The minimum absolute atomic E-state index is 0.160.